The largest absolute Gasteiger partial charge is 0.306 e. The van der Waals surface area contributed by atoms with Gasteiger partial charge < -0.3 is 5.32 Å². The van der Waals surface area contributed by atoms with E-state index in [0.717, 1.165) is 18.0 Å². The molecule has 0 amide bonds. The van der Waals surface area contributed by atoms with Crippen LogP contribution in [0.4, 0.5) is 0 Å². The van der Waals surface area contributed by atoms with Crippen molar-refractivity contribution < 1.29 is 0 Å². The minimum absolute atomic E-state index is 0.367. The summed E-state index contributed by atoms with van der Waals surface area (Å²) in [5.74, 6) is 0. The highest BCUT2D eigenvalue weighted by atomic mass is 35.5. The molecule has 0 heterocycles. The molecule has 0 saturated carbocycles. The Balaban J connectivity index is 2.09. The zero-order chi connectivity index (χ0) is 14.5. The second-order valence-electron chi connectivity index (χ2n) is 5.26. The lowest BCUT2D eigenvalue weighted by molar-refractivity contribution is 0.517. The topological polar surface area (TPSA) is 12.0 Å². The van der Waals surface area contributed by atoms with Gasteiger partial charge in [0, 0.05) is 17.6 Å². The van der Waals surface area contributed by atoms with Crippen LogP contribution in [-0.2, 0) is 6.54 Å². The highest BCUT2D eigenvalue weighted by Crippen LogP contribution is 2.21. The summed E-state index contributed by atoms with van der Waals surface area (Å²) in [6, 6.07) is 15.0. The van der Waals surface area contributed by atoms with Gasteiger partial charge in [0.1, 0.15) is 0 Å². The predicted octanol–water partition coefficient (Wildman–Crippen LogP) is 5.20. The summed E-state index contributed by atoms with van der Waals surface area (Å²) >= 11 is 5.95. The molecule has 0 radical (unpaired) electrons. The molecule has 1 unspecified atom stereocenters. The van der Waals surface area contributed by atoms with Gasteiger partial charge in [-0.1, -0.05) is 48.9 Å². The van der Waals surface area contributed by atoms with Gasteiger partial charge in [-0.25, -0.2) is 0 Å². The van der Waals surface area contributed by atoms with Crippen LogP contribution in [0.1, 0.15) is 41.6 Å². The van der Waals surface area contributed by atoms with Crippen LogP contribution in [-0.4, -0.2) is 0 Å². The van der Waals surface area contributed by atoms with Crippen LogP contribution in [0.15, 0.2) is 42.5 Å². The van der Waals surface area contributed by atoms with Crippen LogP contribution in [0.2, 0.25) is 5.02 Å². The number of benzene rings is 2. The van der Waals surface area contributed by atoms with E-state index in [-0.39, 0.29) is 0 Å². The lowest BCUT2D eigenvalue weighted by atomic mass is 10.0. The van der Waals surface area contributed by atoms with Gasteiger partial charge in [-0.05, 0) is 54.7 Å². The minimum Gasteiger partial charge on any atom is -0.306 e. The summed E-state index contributed by atoms with van der Waals surface area (Å²) < 4.78 is 0. The second kappa shape index (κ2) is 6.92. The third-order valence-corrected chi connectivity index (χ3v) is 4.10. The predicted molar refractivity (Wildman–Crippen MR) is 87.2 cm³/mol. The first kappa shape index (κ1) is 15.1. The summed E-state index contributed by atoms with van der Waals surface area (Å²) in [5.41, 5.74) is 5.40. The average molecular weight is 288 g/mol. The van der Waals surface area contributed by atoms with Crippen LogP contribution in [0.3, 0.4) is 0 Å². The Bertz CT molecular complexity index is 540. The summed E-state index contributed by atoms with van der Waals surface area (Å²) in [5, 5.41) is 4.45. The van der Waals surface area contributed by atoms with E-state index < -0.39 is 0 Å². The highest BCUT2D eigenvalue weighted by Gasteiger charge is 2.10. The lowest BCUT2D eigenvalue weighted by Crippen LogP contribution is -2.21. The maximum atomic E-state index is 5.95. The summed E-state index contributed by atoms with van der Waals surface area (Å²) in [6.45, 7) is 7.46. The van der Waals surface area contributed by atoms with Crippen molar-refractivity contribution in [3.05, 3.63) is 69.7 Å². The summed E-state index contributed by atoms with van der Waals surface area (Å²) in [7, 11) is 0. The van der Waals surface area contributed by atoms with E-state index >= 15 is 0 Å². The first-order chi connectivity index (χ1) is 9.61. The average Bonchev–Trinajstić information content (AvgIpc) is 2.44. The highest BCUT2D eigenvalue weighted by molar-refractivity contribution is 6.30. The van der Waals surface area contributed by atoms with E-state index in [1.54, 1.807) is 0 Å². The zero-order valence-electron chi connectivity index (χ0n) is 12.4. The summed E-state index contributed by atoms with van der Waals surface area (Å²) in [4.78, 5) is 0. The molecule has 0 bridgehead atoms. The second-order valence-corrected chi connectivity index (χ2v) is 5.70. The molecule has 2 aromatic carbocycles. The van der Waals surface area contributed by atoms with Crippen molar-refractivity contribution in [2.75, 3.05) is 0 Å². The van der Waals surface area contributed by atoms with Crippen LogP contribution < -0.4 is 5.32 Å². The molecule has 0 saturated heterocycles. The van der Waals surface area contributed by atoms with Gasteiger partial charge in [-0.15, -0.1) is 0 Å². The SMILES string of the molecule is CCC(NCc1c(C)cccc1C)c1ccc(Cl)cc1. The molecule has 2 heteroatoms. The Morgan fingerprint density at radius 1 is 1.00 bits per heavy atom. The fourth-order valence-electron chi connectivity index (χ4n) is 2.55. The van der Waals surface area contributed by atoms with E-state index in [9.17, 15) is 0 Å². The third-order valence-electron chi connectivity index (χ3n) is 3.85. The summed E-state index contributed by atoms with van der Waals surface area (Å²) in [6.07, 6.45) is 1.06. The Kier molecular flexibility index (Phi) is 5.22. The number of hydrogen-bond donors (Lipinski definition) is 1. The van der Waals surface area contributed by atoms with Crippen molar-refractivity contribution in [3.8, 4) is 0 Å². The molecule has 2 aromatic rings. The molecular weight excluding hydrogens is 266 g/mol. The lowest BCUT2D eigenvalue weighted by Gasteiger charge is -2.19. The van der Waals surface area contributed by atoms with Crippen LogP contribution in [0.5, 0.6) is 0 Å². The normalized spacial score (nSPS) is 12.4. The van der Waals surface area contributed by atoms with E-state index in [1.807, 2.05) is 12.1 Å². The van der Waals surface area contributed by atoms with Gasteiger partial charge in [-0.2, -0.15) is 0 Å². The fraction of sp³-hybridized carbons (Fsp3) is 0.333. The maximum absolute atomic E-state index is 5.95. The monoisotopic (exact) mass is 287 g/mol. The van der Waals surface area contributed by atoms with Crippen molar-refractivity contribution in [2.45, 2.75) is 39.8 Å². The molecule has 106 valence electrons. The minimum atomic E-state index is 0.367. The molecule has 0 aliphatic rings. The van der Waals surface area contributed by atoms with E-state index in [2.05, 4.69) is 56.4 Å². The first-order valence-electron chi connectivity index (χ1n) is 7.15. The smallest absolute Gasteiger partial charge is 0.0406 e. The Hall–Kier alpha value is -1.31. The quantitative estimate of drug-likeness (QED) is 0.797. The Labute approximate surface area is 127 Å². The third kappa shape index (κ3) is 3.62. The van der Waals surface area contributed by atoms with Crippen molar-refractivity contribution in [1.29, 1.82) is 0 Å². The van der Waals surface area contributed by atoms with Gasteiger partial charge in [0.15, 0.2) is 0 Å². The van der Waals surface area contributed by atoms with Gasteiger partial charge in [0.25, 0.3) is 0 Å². The van der Waals surface area contributed by atoms with Crippen LogP contribution in [0.25, 0.3) is 0 Å². The van der Waals surface area contributed by atoms with Gasteiger partial charge in [0.2, 0.25) is 0 Å². The van der Waals surface area contributed by atoms with Gasteiger partial charge in [-0.3, -0.25) is 0 Å². The van der Waals surface area contributed by atoms with Crippen molar-refractivity contribution in [1.82, 2.24) is 5.32 Å². The van der Waals surface area contributed by atoms with Crippen LogP contribution >= 0.6 is 11.6 Å². The molecule has 1 N–H and O–H groups in total. The number of rotatable bonds is 5. The molecule has 20 heavy (non-hydrogen) atoms. The molecule has 0 fully saturated rings. The van der Waals surface area contributed by atoms with E-state index in [4.69, 9.17) is 11.6 Å². The fourth-order valence-corrected chi connectivity index (χ4v) is 2.67. The van der Waals surface area contributed by atoms with Crippen LogP contribution in [0, 0.1) is 13.8 Å². The molecule has 0 aliphatic carbocycles. The van der Waals surface area contributed by atoms with Gasteiger partial charge in [0.05, 0.1) is 0 Å². The Morgan fingerprint density at radius 3 is 2.15 bits per heavy atom. The van der Waals surface area contributed by atoms with Crippen molar-refractivity contribution in [2.24, 2.45) is 0 Å². The number of aryl methyl sites for hydroxylation is 2. The standard InChI is InChI=1S/C18H22ClN/c1-4-18(15-8-10-16(19)11-9-15)20-12-17-13(2)6-5-7-14(17)3/h5-11,18,20H,4,12H2,1-3H3. The molecule has 0 spiro atoms. The number of hydrogen-bond acceptors (Lipinski definition) is 1. The Morgan fingerprint density at radius 2 is 1.60 bits per heavy atom. The molecule has 0 aliphatic heterocycles. The van der Waals surface area contributed by atoms with Crippen molar-refractivity contribution in [3.63, 3.8) is 0 Å². The molecule has 1 atom stereocenters. The molecule has 2 rings (SSSR count). The maximum Gasteiger partial charge on any atom is 0.0406 e. The molecule has 1 nitrogen and oxygen atoms in total. The number of halogens is 1. The van der Waals surface area contributed by atoms with Crippen molar-refractivity contribution >= 4 is 11.6 Å². The molecular formula is C18H22ClN. The van der Waals surface area contributed by atoms with Gasteiger partial charge >= 0.3 is 0 Å². The zero-order valence-corrected chi connectivity index (χ0v) is 13.2. The first-order valence-corrected chi connectivity index (χ1v) is 7.53. The molecule has 0 aromatic heterocycles. The van der Waals surface area contributed by atoms with E-state index in [0.29, 0.717) is 6.04 Å². The van der Waals surface area contributed by atoms with E-state index in [1.165, 1.54) is 22.3 Å². The number of nitrogens with one attached hydrogen (secondary N) is 1.